The molecule has 1 aliphatic heterocycles. The quantitative estimate of drug-likeness (QED) is 0.659. The number of aryl methyl sites for hydroxylation is 1. The van der Waals surface area contributed by atoms with Crippen molar-refractivity contribution in [1.82, 2.24) is 4.57 Å². The van der Waals surface area contributed by atoms with Crippen LogP contribution in [0.2, 0.25) is 0 Å². The van der Waals surface area contributed by atoms with Gasteiger partial charge in [-0.1, -0.05) is 37.3 Å². The number of thiazole rings is 1. The summed E-state index contributed by atoms with van der Waals surface area (Å²) in [6.07, 6.45) is 4.57. The maximum absolute atomic E-state index is 10.9. The van der Waals surface area contributed by atoms with Gasteiger partial charge in [0.15, 0.2) is 3.95 Å². The molecule has 2 aromatic carbocycles. The first-order chi connectivity index (χ1) is 13.5. The lowest BCUT2D eigenvalue weighted by Gasteiger charge is -2.07. The second-order valence-electron chi connectivity index (χ2n) is 6.25. The predicted octanol–water partition coefficient (Wildman–Crippen LogP) is 4.16. The Morgan fingerprint density at radius 3 is 2.71 bits per heavy atom. The fraction of sp³-hybridized carbons (Fsp3) is 0.0952. The van der Waals surface area contributed by atoms with Crippen molar-refractivity contribution in [3.63, 3.8) is 0 Å². The molecule has 3 aromatic rings. The molecule has 1 aliphatic rings. The van der Waals surface area contributed by atoms with Gasteiger partial charge in [0.05, 0.1) is 22.2 Å². The average Bonchev–Trinajstić information content (AvgIpc) is 3.22. The van der Waals surface area contributed by atoms with Crippen LogP contribution >= 0.6 is 23.6 Å². The molecule has 0 saturated heterocycles. The Labute approximate surface area is 170 Å². The van der Waals surface area contributed by atoms with Crippen LogP contribution in [0.25, 0.3) is 17.3 Å². The number of carbonyl (C=O) groups excluding carboxylic acids is 1. The highest BCUT2D eigenvalue weighted by Crippen LogP contribution is 2.38. The summed E-state index contributed by atoms with van der Waals surface area (Å²) in [6, 6.07) is 12.1. The van der Waals surface area contributed by atoms with E-state index in [1.54, 1.807) is 18.3 Å². The highest BCUT2D eigenvalue weighted by Gasteiger charge is 2.18. The molecule has 0 saturated carbocycles. The van der Waals surface area contributed by atoms with Crippen molar-refractivity contribution in [2.24, 2.45) is 4.99 Å². The third-order valence-electron chi connectivity index (χ3n) is 4.60. The van der Waals surface area contributed by atoms with Crippen LogP contribution in [-0.4, -0.2) is 21.9 Å². The van der Waals surface area contributed by atoms with Crippen LogP contribution in [0.1, 0.15) is 33.3 Å². The molecule has 1 N–H and O–H groups in total. The second-order valence-corrected chi connectivity index (χ2v) is 7.93. The zero-order valence-corrected chi connectivity index (χ0v) is 16.5. The first-order valence-corrected chi connectivity index (χ1v) is 9.86. The Balaban J connectivity index is 1.76. The summed E-state index contributed by atoms with van der Waals surface area (Å²) < 4.78 is 1.98. The molecule has 0 atom stereocenters. The van der Waals surface area contributed by atoms with Crippen LogP contribution < -0.4 is 5.11 Å². The highest BCUT2D eigenvalue weighted by molar-refractivity contribution is 7.73. The minimum atomic E-state index is -1.25. The third-order valence-corrected chi connectivity index (χ3v) is 5.91. The number of aromatic nitrogens is 1. The number of nitrogens with zero attached hydrogens (tertiary/aromatic N) is 2. The zero-order chi connectivity index (χ0) is 19.8. The minimum Gasteiger partial charge on any atom is -0.545 e. The largest absolute Gasteiger partial charge is 0.545 e. The van der Waals surface area contributed by atoms with Gasteiger partial charge in [-0.2, -0.15) is 0 Å². The van der Waals surface area contributed by atoms with E-state index in [4.69, 9.17) is 12.2 Å². The van der Waals surface area contributed by atoms with Crippen molar-refractivity contribution in [2.75, 3.05) is 0 Å². The van der Waals surface area contributed by atoms with E-state index in [9.17, 15) is 15.0 Å². The number of benzene rings is 2. The summed E-state index contributed by atoms with van der Waals surface area (Å²) in [5.41, 5.74) is 4.75. The lowest BCUT2D eigenvalue weighted by molar-refractivity contribution is -0.255. The Hall–Kier alpha value is -3.03. The van der Waals surface area contributed by atoms with E-state index in [-0.39, 0.29) is 11.4 Å². The van der Waals surface area contributed by atoms with Crippen molar-refractivity contribution in [3.8, 4) is 11.6 Å². The van der Waals surface area contributed by atoms with Gasteiger partial charge in [0.1, 0.15) is 0 Å². The Morgan fingerprint density at radius 1 is 1.29 bits per heavy atom. The van der Waals surface area contributed by atoms with E-state index in [0.717, 1.165) is 23.2 Å². The molecule has 140 valence electrons. The van der Waals surface area contributed by atoms with E-state index < -0.39 is 5.97 Å². The van der Waals surface area contributed by atoms with Gasteiger partial charge in [-0.3, -0.25) is 9.56 Å². The lowest BCUT2D eigenvalue weighted by Crippen LogP contribution is -2.22. The van der Waals surface area contributed by atoms with Crippen LogP contribution in [0.3, 0.4) is 0 Å². The first-order valence-electron chi connectivity index (χ1n) is 8.64. The number of aromatic carboxylic acids is 1. The Morgan fingerprint density at radius 2 is 2.04 bits per heavy atom. The number of rotatable bonds is 4. The van der Waals surface area contributed by atoms with Gasteiger partial charge in [-0.05, 0) is 48.0 Å². The number of fused-ring (bicyclic) bond motifs is 1. The molecule has 0 amide bonds. The molecule has 5 nitrogen and oxygen atoms in total. The van der Waals surface area contributed by atoms with Crippen molar-refractivity contribution in [1.29, 1.82) is 0 Å². The summed E-state index contributed by atoms with van der Waals surface area (Å²) in [5, 5.41) is 21.7. The molecule has 4 rings (SSSR count). The highest BCUT2D eigenvalue weighted by atomic mass is 32.1. The zero-order valence-electron chi connectivity index (χ0n) is 14.9. The summed E-state index contributed by atoms with van der Waals surface area (Å²) in [4.78, 5) is 16.1. The molecule has 0 unspecified atom stereocenters. The number of para-hydroxylation sites is 1. The van der Waals surface area contributed by atoms with Crippen LogP contribution in [0.15, 0.2) is 47.5 Å². The van der Waals surface area contributed by atoms with Gasteiger partial charge in [-0.25, -0.2) is 0 Å². The topological polar surface area (TPSA) is 77.7 Å². The molecule has 0 spiro atoms. The van der Waals surface area contributed by atoms with Crippen LogP contribution in [-0.2, 0) is 6.42 Å². The minimum absolute atomic E-state index is 0.0113. The summed E-state index contributed by atoms with van der Waals surface area (Å²) in [7, 11) is 0. The Kier molecular flexibility index (Phi) is 4.70. The van der Waals surface area contributed by atoms with Gasteiger partial charge in [0.25, 0.3) is 0 Å². The van der Waals surface area contributed by atoms with Crippen molar-refractivity contribution in [3.05, 3.63) is 68.0 Å². The van der Waals surface area contributed by atoms with Crippen molar-refractivity contribution >= 4 is 53.1 Å². The van der Waals surface area contributed by atoms with Crippen molar-refractivity contribution in [2.45, 2.75) is 13.3 Å². The molecule has 1 aromatic heterocycles. The molecule has 0 radical (unpaired) electrons. The third kappa shape index (κ3) is 3.08. The number of hydrogen-bond acceptors (Lipinski definition) is 6. The smallest absolute Gasteiger partial charge is 0.215 e. The standard InChI is InChI=1S/C21H16N2O3S2/c1-2-12-4-3-5-16-14(11-22-18(12)16)10-17-19(24)23(21(27)28-17)15-8-6-13(7-9-15)20(25)26/h3-11,24H,2H2,1H3,(H,25,26)/p-1/b14-10+. The lowest BCUT2D eigenvalue weighted by atomic mass is 10.0. The second kappa shape index (κ2) is 7.18. The molecule has 0 fully saturated rings. The van der Waals surface area contributed by atoms with E-state index >= 15 is 0 Å². The van der Waals surface area contributed by atoms with Gasteiger partial charge in [0, 0.05) is 17.4 Å². The number of aromatic hydroxyl groups is 1. The normalized spacial score (nSPS) is 13.8. The molecule has 2 heterocycles. The number of carboxylic acid groups (broad SMARTS) is 1. The van der Waals surface area contributed by atoms with Gasteiger partial charge in [-0.15, -0.1) is 11.3 Å². The van der Waals surface area contributed by atoms with Crippen LogP contribution in [0.5, 0.6) is 5.88 Å². The SMILES string of the molecule is CCc1cccc2c1N=C/C2=C\c1sc(=S)n(-c2ccc(C(=O)[O-])cc2)c1O. The molecule has 7 heteroatoms. The summed E-state index contributed by atoms with van der Waals surface area (Å²) >= 11 is 6.69. The maximum atomic E-state index is 10.9. The first kappa shape index (κ1) is 18.3. The van der Waals surface area contributed by atoms with Gasteiger partial charge in [0.2, 0.25) is 5.88 Å². The van der Waals surface area contributed by atoms with Gasteiger partial charge >= 0.3 is 0 Å². The fourth-order valence-corrected chi connectivity index (χ4v) is 4.47. The molecule has 0 bridgehead atoms. The molecule has 0 aliphatic carbocycles. The monoisotopic (exact) mass is 407 g/mol. The Bertz CT molecular complexity index is 1200. The maximum Gasteiger partial charge on any atom is 0.215 e. The van der Waals surface area contributed by atoms with Crippen LogP contribution in [0, 0.1) is 3.95 Å². The number of aliphatic imine (C=N–C) groups is 1. The molecule has 28 heavy (non-hydrogen) atoms. The van der Waals surface area contributed by atoms with E-state index in [0.29, 0.717) is 14.5 Å². The molecular weight excluding hydrogens is 392 g/mol. The predicted molar refractivity (Wildman–Crippen MR) is 112 cm³/mol. The summed E-state index contributed by atoms with van der Waals surface area (Å²) in [6.45, 7) is 2.09. The number of carboxylic acids is 1. The summed E-state index contributed by atoms with van der Waals surface area (Å²) in [5.74, 6) is -1.24. The number of hydrogen-bond donors (Lipinski definition) is 1. The van der Waals surface area contributed by atoms with E-state index in [1.807, 2.05) is 18.2 Å². The number of carbonyl (C=O) groups is 1. The van der Waals surface area contributed by atoms with Crippen LogP contribution in [0.4, 0.5) is 5.69 Å². The van der Waals surface area contributed by atoms with E-state index in [1.165, 1.54) is 33.6 Å². The van der Waals surface area contributed by atoms with Gasteiger partial charge < -0.3 is 15.0 Å². The molecular formula is C21H15N2O3S2-. The number of allylic oxidation sites excluding steroid dienone is 1. The average molecular weight is 407 g/mol. The fourth-order valence-electron chi connectivity index (χ4n) is 3.17. The van der Waals surface area contributed by atoms with E-state index in [2.05, 4.69) is 18.0 Å². The van der Waals surface area contributed by atoms with Crippen molar-refractivity contribution < 1.29 is 15.0 Å².